The fourth-order valence-corrected chi connectivity index (χ4v) is 5.13. The van der Waals surface area contributed by atoms with E-state index in [1.165, 1.54) is 26.4 Å². The first-order valence-electron chi connectivity index (χ1n) is 12.1. The van der Waals surface area contributed by atoms with Gasteiger partial charge in [0.1, 0.15) is 0 Å². The van der Waals surface area contributed by atoms with Crippen molar-refractivity contribution < 1.29 is 28.7 Å². The molecule has 4 rings (SSSR count). The molecule has 0 unspecified atom stereocenters. The Morgan fingerprint density at radius 1 is 1.08 bits per heavy atom. The van der Waals surface area contributed by atoms with Crippen molar-refractivity contribution in [1.82, 2.24) is 5.32 Å². The first-order chi connectivity index (χ1) is 17.7. The minimum Gasteiger partial charge on any atom is -0.493 e. The SMILES string of the molecule is COc1cc([C@H]2C(C(=O)OC(C)C)=C(C)NC3=C2C(=O)C[C@@H](c2ccccc2)C3)c([N+](=O)[O-])cc1OC. The molecule has 2 atom stereocenters. The average molecular weight is 507 g/mol. The van der Waals surface area contributed by atoms with Gasteiger partial charge in [-0.25, -0.2) is 4.79 Å². The highest BCUT2D eigenvalue weighted by Crippen LogP contribution is 2.49. The van der Waals surface area contributed by atoms with Crippen molar-refractivity contribution in [3.05, 3.63) is 86.2 Å². The molecule has 0 radical (unpaired) electrons. The lowest BCUT2D eigenvalue weighted by Gasteiger charge is -2.36. The van der Waals surface area contributed by atoms with Crippen LogP contribution in [0, 0.1) is 10.1 Å². The molecule has 2 aliphatic rings. The third-order valence-corrected chi connectivity index (χ3v) is 6.70. The number of dihydropyridines is 1. The molecule has 194 valence electrons. The molecule has 37 heavy (non-hydrogen) atoms. The zero-order chi connectivity index (χ0) is 26.9. The van der Waals surface area contributed by atoms with Gasteiger partial charge in [-0.05, 0) is 44.7 Å². The monoisotopic (exact) mass is 506 g/mol. The van der Waals surface area contributed by atoms with Crippen molar-refractivity contribution in [3.8, 4) is 11.5 Å². The van der Waals surface area contributed by atoms with Gasteiger partial charge in [0.2, 0.25) is 0 Å². The number of rotatable bonds is 7. The van der Waals surface area contributed by atoms with E-state index in [0.717, 1.165) is 5.56 Å². The van der Waals surface area contributed by atoms with Gasteiger partial charge in [0.15, 0.2) is 17.3 Å². The molecule has 2 aromatic rings. The number of hydrogen-bond acceptors (Lipinski definition) is 8. The molecule has 0 aromatic heterocycles. The Morgan fingerprint density at radius 3 is 2.32 bits per heavy atom. The molecule has 0 saturated carbocycles. The first-order valence-corrected chi connectivity index (χ1v) is 12.1. The molecule has 1 aliphatic heterocycles. The zero-order valence-corrected chi connectivity index (χ0v) is 21.5. The number of methoxy groups -OCH3 is 2. The fraction of sp³-hybridized carbons (Fsp3) is 0.357. The van der Waals surface area contributed by atoms with E-state index in [2.05, 4.69) is 5.32 Å². The van der Waals surface area contributed by atoms with Gasteiger partial charge in [-0.15, -0.1) is 0 Å². The lowest BCUT2D eigenvalue weighted by molar-refractivity contribution is -0.385. The van der Waals surface area contributed by atoms with Crippen molar-refractivity contribution in [2.75, 3.05) is 14.2 Å². The minimum atomic E-state index is -1.01. The smallest absolute Gasteiger partial charge is 0.337 e. The number of nitro benzene ring substituents is 1. The number of carbonyl (C=O) groups excluding carboxylic acids is 2. The van der Waals surface area contributed by atoms with E-state index >= 15 is 0 Å². The maximum absolute atomic E-state index is 13.8. The Kier molecular flexibility index (Phi) is 7.33. The molecule has 1 heterocycles. The number of nitro groups is 1. The first kappa shape index (κ1) is 25.9. The van der Waals surface area contributed by atoms with Crippen LogP contribution in [0.5, 0.6) is 11.5 Å². The molecule has 0 spiro atoms. The minimum absolute atomic E-state index is 0.0574. The Hall–Kier alpha value is -4.14. The van der Waals surface area contributed by atoms with Crippen LogP contribution in [0.25, 0.3) is 0 Å². The standard InChI is InChI=1S/C28H30N2O7/c1-15(2)37-28(32)25-16(3)29-20-11-18(17-9-7-6-8-10-17)12-22(31)27(20)26(25)19-13-23(35-4)24(36-5)14-21(19)30(33)34/h6-10,13-15,18,26,29H,11-12H2,1-5H3/t18-,26-/m0/s1. The van der Waals surface area contributed by atoms with E-state index in [1.54, 1.807) is 20.8 Å². The Balaban J connectivity index is 1.94. The van der Waals surface area contributed by atoms with Crippen LogP contribution in [0.15, 0.2) is 65.0 Å². The van der Waals surface area contributed by atoms with Gasteiger partial charge in [-0.3, -0.25) is 14.9 Å². The van der Waals surface area contributed by atoms with Crippen LogP contribution in [0.4, 0.5) is 5.69 Å². The van der Waals surface area contributed by atoms with Crippen molar-refractivity contribution in [2.45, 2.75) is 51.6 Å². The molecular weight excluding hydrogens is 476 g/mol. The van der Waals surface area contributed by atoms with Gasteiger partial charge < -0.3 is 19.5 Å². The summed E-state index contributed by atoms with van der Waals surface area (Å²) in [7, 11) is 2.81. The lowest BCUT2D eigenvalue weighted by Crippen LogP contribution is -2.36. The molecule has 1 aliphatic carbocycles. The van der Waals surface area contributed by atoms with Crippen molar-refractivity contribution in [1.29, 1.82) is 0 Å². The molecule has 9 heteroatoms. The number of Topliss-reactive ketones (excluding diaryl/α,β-unsaturated/α-hetero) is 1. The van der Waals surface area contributed by atoms with Crippen LogP contribution in [0.1, 0.15) is 56.6 Å². The van der Waals surface area contributed by atoms with Crippen molar-refractivity contribution in [3.63, 3.8) is 0 Å². The predicted molar refractivity (Wildman–Crippen MR) is 136 cm³/mol. The van der Waals surface area contributed by atoms with Crippen LogP contribution in [0.2, 0.25) is 0 Å². The number of nitrogens with one attached hydrogen (secondary N) is 1. The summed E-state index contributed by atoms with van der Waals surface area (Å²) >= 11 is 0. The highest BCUT2D eigenvalue weighted by atomic mass is 16.6. The van der Waals surface area contributed by atoms with Gasteiger partial charge in [0.05, 0.1) is 42.8 Å². The highest BCUT2D eigenvalue weighted by molar-refractivity contribution is 6.04. The van der Waals surface area contributed by atoms with Crippen LogP contribution < -0.4 is 14.8 Å². The van der Waals surface area contributed by atoms with Crippen LogP contribution in [-0.2, 0) is 14.3 Å². The molecule has 0 fully saturated rings. The summed E-state index contributed by atoms with van der Waals surface area (Å²) in [6, 6.07) is 12.5. The third-order valence-electron chi connectivity index (χ3n) is 6.70. The van der Waals surface area contributed by atoms with Gasteiger partial charge in [0, 0.05) is 29.0 Å². The van der Waals surface area contributed by atoms with Crippen LogP contribution >= 0.6 is 0 Å². The van der Waals surface area contributed by atoms with Crippen molar-refractivity contribution in [2.24, 2.45) is 0 Å². The maximum atomic E-state index is 13.8. The molecular formula is C28H30N2O7. The number of nitrogens with zero attached hydrogens (tertiary/aromatic N) is 1. The number of benzene rings is 2. The quantitative estimate of drug-likeness (QED) is 0.319. The summed E-state index contributed by atoms with van der Waals surface area (Å²) in [5.74, 6) is -1.46. The average Bonchev–Trinajstić information content (AvgIpc) is 2.86. The summed E-state index contributed by atoms with van der Waals surface area (Å²) in [6.07, 6.45) is 0.314. The topological polar surface area (TPSA) is 117 Å². The van der Waals surface area contributed by atoms with E-state index in [-0.39, 0.29) is 46.4 Å². The van der Waals surface area contributed by atoms with Gasteiger partial charge in [-0.1, -0.05) is 30.3 Å². The van der Waals surface area contributed by atoms with Crippen LogP contribution in [-0.4, -0.2) is 37.0 Å². The summed E-state index contributed by atoms with van der Waals surface area (Å²) in [5.41, 5.74) is 2.55. The molecule has 0 bridgehead atoms. The van der Waals surface area contributed by atoms with Gasteiger partial charge in [-0.2, -0.15) is 0 Å². The Morgan fingerprint density at radius 2 is 1.73 bits per heavy atom. The Labute approximate surface area is 215 Å². The second-order valence-corrected chi connectivity index (χ2v) is 9.41. The van der Waals surface area contributed by atoms with Crippen molar-refractivity contribution >= 4 is 17.4 Å². The van der Waals surface area contributed by atoms with E-state index < -0.39 is 22.9 Å². The second kappa shape index (κ2) is 10.5. The number of allylic oxidation sites excluding steroid dienone is 3. The van der Waals surface area contributed by atoms with E-state index in [9.17, 15) is 19.7 Å². The second-order valence-electron chi connectivity index (χ2n) is 9.41. The fourth-order valence-electron chi connectivity index (χ4n) is 5.13. The van der Waals surface area contributed by atoms with Gasteiger partial charge >= 0.3 is 5.97 Å². The normalized spacial score (nSPS) is 19.4. The lowest BCUT2D eigenvalue weighted by atomic mass is 9.71. The molecule has 2 aromatic carbocycles. The van der Waals surface area contributed by atoms with Crippen LogP contribution in [0.3, 0.4) is 0 Å². The van der Waals surface area contributed by atoms with Gasteiger partial charge in [0.25, 0.3) is 5.69 Å². The number of hydrogen-bond donors (Lipinski definition) is 1. The number of ether oxygens (including phenoxy) is 3. The summed E-state index contributed by atoms with van der Waals surface area (Å²) in [4.78, 5) is 38.8. The number of ketones is 1. The largest absolute Gasteiger partial charge is 0.493 e. The zero-order valence-electron chi connectivity index (χ0n) is 21.5. The number of esters is 1. The number of carbonyl (C=O) groups is 2. The van der Waals surface area contributed by atoms with E-state index in [1.807, 2.05) is 30.3 Å². The Bertz CT molecular complexity index is 1310. The third kappa shape index (κ3) is 4.94. The summed E-state index contributed by atoms with van der Waals surface area (Å²) < 4.78 is 16.2. The summed E-state index contributed by atoms with van der Waals surface area (Å²) in [5, 5.41) is 15.5. The molecule has 0 amide bonds. The summed E-state index contributed by atoms with van der Waals surface area (Å²) in [6.45, 7) is 5.16. The predicted octanol–water partition coefficient (Wildman–Crippen LogP) is 4.93. The molecule has 0 saturated heterocycles. The molecule has 9 nitrogen and oxygen atoms in total. The molecule has 1 N–H and O–H groups in total. The highest BCUT2D eigenvalue weighted by Gasteiger charge is 2.44. The maximum Gasteiger partial charge on any atom is 0.337 e. The van der Waals surface area contributed by atoms with E-state index in [4.69, 9.17) is 14.2 Å². The van der Waals surface area contributed by atoms with E-state index in [0.29, 0.717) is 23.4 Å².